The summed E-state index contributed by atoms with van der Waals surface area (Å²) < 4.78 is 56.4. The van der Waals surface area contributed by atoms with Crippen molar-refractivity contribution in [2.24, 2.45) is 5.92 Å². The van der Waals surface area contributed by atoms with Crippen LogP contribution in [-0.2, 0) is 11.3 Å². The first-order chi connectivity index (χ1) is 9.48. The van der Waals surface area contributed by atoms with Crippen LogP contribution in [0, 0.1) is 5.92 Å². The summed E-state index contributed by atoms with van der Waals surface area (Å²) in [6.07, 6.45) is -2.25. The van der Waals surface area contributed by atoms with Crippen LogP contribution >= 0.6 is 0 Å². The molecule has 1 aromatic carbocycles. The minimum absolute atomic E-state index is 0.0455. The normalized spacial score (nSPS) is 18.0. The fraction of sp³-hybridized carbons (Fsp3) is 0.467. The highest BCUT2D eigenvalue weighted by molar-refractivity contribution is 5.16. The molecule has 1 saturated carbocycles. The molecule has 1 aliphatic carbocycles. The van der Waals surface area contributed by atoms with E-state index < -0.39 is 23.7 Å². The van der Waals surface area contributed by atoms with Crippen molar-refractivity contribution in [1.82, 2.24) is 0 Å². The Morgan fingerprint density at radius 3 is 2.25 bits per heavy atom. The molecule has 20 heavy (non-hydrogen) atoms. The molecule has 0 N–H and O–H groups in total. The van der Waals surface area contributed by atoms with Crippen LogP contribution in [0.3, 0.4) is 0 Å². The largest absolute Gasteiger partial charge is 0.490 e. The highest BCUT2D eigenvalue weighted by Crippen LogP contribution is 2.39. The standard InChI is InChI=1S/C15H16F4O/c16-14(15(17,18)19)13(12-8-4-5-9-12)20-10-11-6-2-1-3-7-11/h1-3,6-7,12H,4-5,8-10H2. The fourth-order valence-electron chi connectivity index (χ4n) is 2.42. The zero-order chi connectivity index (χ0) is 14.6. The molecule has 0 saturated heterocycles. The molecule has 0 aliphatic heterocycles. The summed E-state index contributed by atoms with van der Waals surface area (Å²) in [5, 5.41) is 0. The van der Waals surface area contributed by atoms with Crippen LogP contribution in [0.2, 0.25) is 0 Å². The van der Waals surface area contributed by atoms with E-state index in [0.29, 0.717) is 12.8 Å². The lowest BCUT2D eigenvalue weighted by Crippen LogP contribution is -2.16. The third-order valence-corrected chi connectivity index (χ3v) is 3.43. The van der Waals surface area contributed by atoms with Crippen molar-refractivity contribution < 1.29 is 22.3 Å². The predicted octanol–water partition coefficient (Wildman–Crippen LogP) is 5.14. The molecule has 1 aromatic rings. The van der Waals surface area contributed by atoms with E-state index in [1.165, 1.54) is 0 Å². The van der Waals surface area contributed by atoms with Gasteiger partial charge in [-0.25, -0.2) is 0 Å². The Hall–Kier alpha value is -1.52. The molecule has 1 fully saturated rings. The SMILES string of the molecule is FC(=C(OCc1ccccc1)C1CCCC1)C(F)(F)F. The van der Waals surface area contributed by atoms with Crippen molar-refractivity contribution in [1.29, 1.82) is 0 Å². The third kappa shape index (κ3) is 3.74. The molecule has 0 atom stereocenters. The van der Waals surface area contributed by atoms with Gasteiger partial charge in [-0.3, -0.25) is 0 Å². The second kappa shape index (κ2) is 6.29. The van der Waals surface area contributed by atoms with E-state index in [2.05, 4.69) is 0 Å². The Bertz CT molecular complexity index is 459. The van der Waals surface area contributed by atoms with Gasteiger partial charge in [0.1, 0.15) is 12.4 Å². The first-order valence-electron chi connectivity index (χ1n) is 6.62. The summed E-state index contributed by atoms with van der Waals surface area (Å²) >= 11 is 0. The van der Waals surface area contributed by atoms with Crippen LogP contribution in [0.25, 0.3) is 0 Å². The molecule has 110 valence electrons. The lowest BCUT2D eigenvalue weighted by atomic mass is 10.0. The lowest BCUT2D eigenvalue weighted by molar-refractivity contribution is -0.115. The van der Waals surface area contributed by atoms with Crippen molar-refractivity contribution in [2.75, 3.05) is 0 Å². The lowest BCUT2D eigenvalue weighted by Gasteiger charge is -2.18. The molecule has 1 nitrogen and oxygen atoms in total. The van der Waals surface area contributed by atoms with Gasteiger partial charge in [-0.1, -0.05) is 43.2 Å². The Labute approximate surface area is 115 Å². The number of benzene rings is 1. The summed E-state index contributed by atoms with van der Waals surface area (Å²) in [7, 11) is 0. The van der Waals surface area contributed by atoms with E-state index in [4.69, 9.17) is 4.74 Å². The topological polar surface area (TPSA) is 9.23 Å². The van der Waals surface area contributed by atoms with Gasteiger partial charge in [0.15, 0.2) is 0 Å². The van der Waals surface area contributed by atoms with E-state index >= 15 is 0 Å². The van der Waals surface area contributed by atoms with Gasteiger partial charge in [-0.2, -0.15) is 17.6 Å². The number of halogens is 4. The van der Waals surface area contributed by atoms with Gasteiger partial charge < -0.3 is 4.74 Å². The number of ether oxygens (including phenoxy) is 1. The van der Waals surface area contributed by atoms with E-state index in [1.807, 2.05) is 0 Å². The van der Waals surface area contributed by atoms with Crippen molar-refractivity contribution in [3.05, 3.63) is 47.5 Å². The van der Waals surface area contributed by atoms with Crippen molar-refractivity contribution in [2.45, 2.75) is 38.5 Å². The number of allylic oxidation sites excluding steroid dienone is 2. The third-order valence-electron chi connectivity index (χ3n) is 3.43. The van der Waals surface area contributed by atoms with Crippen LogP contribution < -0.4 is 0 Å². The molecule has 1 aliphatic rings. The van der Waals surface area contributed by atoms with E-state index in [-0.39, 0.29) is 6.61 Å². The molecular weight excluding hydrogens is 272 g/mol. The molecule has 0 unspecified atom stereocenters. The Morgan fingerprint density at radius 1 is 1.10 bits per heavy atom. The van der Waals surface area contributed by atoms with Gasteiger partial charge in [-0.05, 0) is 18.4 Å². The summed E-state index contributed by atoms with van der Waals surface area (Å²) in [6.45, 7) is -0.0455. The van der Waals surface area contributed by atoms with Gasteiger partial charge in [0.25, 0.3) is 0 Å². The van der Waals surface area contributed by atoms with Crippen molar-refractivity contribution >= 4 is 0 Å². The molecule has 0 amide bonds. The zero-order valence-electron chi connectivity index (χ0n) is 10.9. The quantitative estimate of drug-likeness (QED) is 0.551. The maximum Gasteiger partial charge on any atom is 0.446 e. The maximum absolute atomic E-state index is 13.6. The molecule has 0 aromatic heterocycles. The minimum atomic E-state index is -4.98. The predicted molar refractivity (Wildman–Crippen MR) is 67.4 cm³/mol. The molecule has 0 bridgehead atoms. The molecule has 5 heteroatoms. The number of rotatable bonds is 4. The average molecular weight is 288 g/mol. The monoisotopic (exact) mass is 288 g/mol. The minimum Gasteiger partial charge on any atom is -0.490 e. The van der Waals surface area contributed by atoms with E-state index in [0.717, 1.165) is 18.4 Å². The molecule has 0 heterocycles. The van der Waals surface area contributed by atoms with Crippen LogP contribution in [0.15, 0.2) is 41.9 Å². The first-order valence-corrected chi connectivity index (χ1v) is 6.62. The maximum atomic E-state index is 13.6. The highest BCUT2D eigenvalue weighted by atomic mass is 19.4. The van der Waals surface area contributed by atoms with Gasteiger partial charge in [-0.15, -0.1) is 0 Å². The van der Waals surface area contributed by atoms with E-state index in [9.17, 15) is 17.6 Å². The van der Waals surface area contributed by atoms with Crippen LogP contribution in [0.4, 0.5) is 17.6 Å². The second-order valence-corrected chi connectivity index (χ2v) is 4.93. The summed E-state index contributed by atoms with van der Waals surface area (Å²) in [5.74, 6) is -3.07. The van der Waals surface area contributed by atoms with Gasteiger partial charge in [0, 0.05) is 5.92 Å². The fourth-order valence-corrected chi connectivity index (χ4v) is 2.42. The Balaban J connectivity index is 2.15. The smallest absolute Gasteiger partial charge is 0.446 e. The molecule has 0 spiro atoms. The summed E-state index contributed by atoms with van der Waals surface area (Å²) in [6, 6.07) is 8.79. The van der Waals surface area contributed by atoms with Crippen molar-refractivity contribution in [3.8, 4) is 0 Å². The van der Waals surface area contributed by atoms with Crippen LogP contribution in [0.5, 0.6) is 0 Å². The first kappa shape index (κ1) is 14.9. The Kier molecular flexibility index (Phi) is 4.68. The highest BCUT2D eigenvalue weighted by Gasteiger charge is 2.41. The van der Waals surface area contributed by atoms with Crippen LogP contribution in [-0.4, -0.2) is 6.18 Å². The van der Waals surface area contributed by atoms with Gasteiger partial charge >= 0.3 is 6.18 Å². The zero-order valence-corrected chi connectivity index (χ0v) is 10.9. The molecular formula is C15H16F4O. The van der Waals surface area contributed by atoms with E-state index in [1.54, 1.807) is 30.3 Å². The van der Waals surface area contributed by atoms with Gasteiger partial charge in [0.05, 0.1) is 0 Å². The average Bonchev–Trinajstić information content (AvgIpc) is 2.93. The second-order valence-electron chi connectivity index (χ2n) is 4.93. The molecule has 2 rings (SSSR count). The summed E-state index contributed by atoms with van der Waals surface area (Å²) in [5.41, 5.74) is 0.720. The number of hydrogen-bond acceptors (Lipinski definition) is 1. The number of alkyl halides is 3. The van der Waals surface area contributed by atoms with Crippen molar-refractivity contribution in [3.63, 3.8) is 0 Å². The summed E-state index contributed by atoms with van der Waals surface area (Å²) in [4.78, 5) is 0. The molecule has 0 radical (unpaired) electrons. The van der Waals surface area contributed by atoms with Crippen LogP contribution in [0.1, 0.15) is 31.2 Å². The number of hydrogen-bond donors (Lipinski definition) is 0. The van der Waals surface area contributed by atoms with Gasteiger partial charge in [0.2, 0.25) is 5.83 Å². The Morgan fingerprint density at radius 2 is 1.70 bits per heavy atom.